The Hall–Kier alpha value is -7.28. The molecule has 4 aromatic rings. The predicted molar refractivity (Wildman–Crippen MR) is 204 cm³/mol. The number of carbonyl (C=O) groups is 3. The van der Waals surface area contributed by atoms with Crippen LogP contribution in [0.5, 0.6) is 63.2 Å². The molecule has 0 aliphatic carbocycles. The van der Waals surface area contributed by atoms with Gasteiger partial charge in [-0.1, -0.05) is 17.9 Å². The first-order valence-corrected chi connectivity index (χ1v) is 18.1. The van der Waals surface area contributed by atoms with Crippen molar-refractivity contribution in [2.45, 2.75) is 41.8 Å². The molecule has 0 saturated carbocycles. The number of phenols is 9. The molecule has 5 rings (SSSR count). The Morgan fingerprint density at radius 2 is 1.29 bits per heavy atom. The zero-order valence-electron chi connectivity index (χ0n) is 31.2. The van der Waals surface area contributed by atoms with Crippen molar-refractivity contribution in [3.05, 3.63) is 70.3 Å². The zero-order chi connectivity index (χ0) is 46.4. The third kappa shape index (κ3) is 8.51. The average Bonchev–Trinajstić information content (AvgIpc) is 3.50. The number of ether oxygens (including phenoxy) is 2. The summed E-state index contributed by atoms with van der Waals surface area (Å²) in [5.41, 5.74) is 1.42. The van der Waals surface area contributed by atoms with Crippen molar-refractivity contribution in [1.29, 1.82) is 0 Å². The fourth-order valence-corrected chi connectivity index (χ4v) is 7.37. The molecule has 0 spiro atoms. The van der Waals surface area contributed by atoms with Crippen LogP contribution in [0.4, 0.5) is 5.69 Å². The number of nitrogens with one attached hydrogen (secondary N) is 1. The molecular formula is C37H35N3O21S. The summed E-state index contributed by atoms with van der Waals surface area (Å²) in [7, 11) is 0. The smallest absolute Gasteiger partial charge is 0.453 e. The maximum absolute atomic E-state index is 14.1. The van der Waals surface area contributed by atoms with Gasteiger partial charge in [0.15, 0.2) is 46.0 Å². The molecular weight excluding hydrogens is 854 g/mol. The van der Waals surface area contributed by atoms with Crippen LogP contribution < -0.4 is 25.4 Å². The van der Waals surface area contributed by atoms with Crippen LogP contribution in [0.2, 0.25) is 0 Å². The molecule has 25 heteroatoms. The Balaban J connectivity index is 1.52. The third-order valence-electron chi connectivity index (χ3n) is 8.88. The lowest BCUT2D eigenvalue weighted by Crippen LogP contribution is -2.63. The second kappa shape index (κ2) is 16.6. The molecule has 1 fully saturated rings. The molecule has 1 saturated heterocycles. The second-order valence-corrected chi connectivity index (χ2v) is 14.3. The Morgan fingerprint density at radius 1 is 0.758 bits per heavy atom. The first-order valence-electron chi connectivity index (χ1n) is 17.2. The van der Waals surface area contributed by atoms with E-state index in [-0.39, 0.29) is 17.9 Å². The Morgan fingerprint density at radius 3 is 1.81 bits per heavy atom. The van der Waals surface area contributed by atoms with Crippen molar-refractivity contribution in [3.63, 3.8) is 0 Å². The van der Waals surface area contributed by atoms with Gasteiger partial charge >= 0.3 is 12.1 Å². The summed E-state index contributed by atoms with van der Waals surface area (Å²) in [6.07, 6.45) is -4.78. The molecule has 1 aliphatic heterocycles. The number of carbonyl (C=O) groups excluding carboxylic acids is 3. The zero-order valence-corrected chi connectivity index (χ0v) is 32.1. The number of amides is 3. The molecule has 1 heterocycles. The van der Waals surface area contributed by atoms with Crippen molar-refractivity contribution < 1.29 is 106 Å². The van der Waals surface area contributed by atoms with Gasteiger partial charge in [-0.15, -0.1) is 11.8 Å². The molecule has 4 aromatic carbocycles. The standard InChI is InChI=1S/C37H35N3O21S/c1-2-60-19-11-14(6-9-18(19)61-37(57,58)59)35(53,54)36(55,56)39-21(41)12-20-33(52)40(15-5-3-4-13(10-15)32(38)51)34(62-20)22-27(46)23(42)16(24(43)28(22)47)7-8-17-25(44)29(48)31(50)30(49)26(17)45/h3-6,9-11,20,34,42-50,53-59H,2,12H2,1H3,(H2,38,51)(H,39,41). The van der Waals surface area contributed by atoms with E-state index < -0.39 is 138 Å². The number of anilines is 1. The van der Waals surface area contributed by atoms with Crippen LogP contribution in [0.15, 0.2) is 42.5 Å². The van der Waals surface area contributed by atoms with Crippen LogP contribution in [-0.2, 0) is 15.4 Å². The Kier molecular flexibility index (Phi) is 12.3. The van der Waals surface area contributed by atoms with Gasteiger partial charge in [0.05, 0.1) is 17.4 Å². The van der Waals surface area contributed by atoms with Gasteiger partial charge in [0.25, 0.3) is 5.79 Å². The summed E-state index contributed by atoms with van der Waals surface area (Å²) < 4.78 is 9.68. The van der Waals surface area contributed by atoms with Crippen LogP contribution in [-0.4, -0.2) is 123 Å². The van der Waals surface area contributed by atoms with E-state index in [0.717, 1.165) is 23.1 Å². The summed E-state index contributed by atoms with van der Waals surface area (Å²) in [5.74, 6) is -20.1. The van der Waals surface area contributed by atoms with Gasteiger partial charge in [-0.3, -0.25) is 19.3 Å². The molecule has 24 nitrogen and oxygen atoms in total. The SMILES string of the molecule is CCOc1cc(C(O)(O)C(O)(O)NC(=O)CC2SC(c3c(O)c(O)c(C#Cc4c(O)c(O)c(O)c(O)c4O)c(O)c3O)N(c3cccc(C(N)=O)c3)C2=O)ccc1OC(O)(O)O. The highest BCUT2D eigenvalue weighted by Crippen LogP contribution is 2.57. The number of nitrogens with two attached hydrogens (primary N) is 1. The van der Waals surface area contributed by atoms with Crippen molar-refractivity contribution in [2.75, 3.05) is 11.5 Å². The second-order valence-electron chi connectivity index (χ2n) is 13.0. The monoisotopic (exact) mass is 889 g/mol. The Bertz CT molecular complexity index is 2490. The predicted octanol–water partition coefficient (Wildman–Crippen LogP) is -1.97. The lowest BCUT2D eigenvalue weighted by atomic mass is 10.0. The first kappa shape index (κ1) is 45.8. The van der Waals surface area contributed by atoms with E-state index in [0.29, 0.717) is 17.8 Å². The Labute approximate surface area is 350 Å². The van der Waals surface area contributed by atoms with Crippen molar-refractivity contribution in [1.82, 2.24) is 5.32 Å². The van der Waals surface area contributed by atoms with Crippen LogP contribution in [0.25, 0.3) is 0 Å². The van der Waals surface area contributed by atoms with Gasteiger partial charge in [-0.05, 0) is 43.3 Å². The number of nitrogens with zero attached hydrogens (tertiary/aromatic N) is 1. The van der Waals surface area contributed by atoms with Crippen molar-refractivity contribution >= 4 is 35.2 Å². The minimum absolute atomic E-state index is 0.153. The number of aliphatic hydroxyl groups is 7. The fraction of sp³-hybridized carbons (Fsp3) is 0.216. The molecule has 330 valence electrons. The molecule has 1 aliphatic rings. The van der Waals surface area contributed by atoms with Crippen LogP contribution in [0, 0.1) is 11.8 Å². The lowest BCUT2D eigenvalue weighted by molar-refractivity contribution is -0.419. The van der Waals surface area contributed by atoms with E-state index in [2.05, 4.69) is 4.74 Å². The van der Waals surface area contributed by atoms with E-state index in [1.807, 2.05) is 11.8 Å². The van der Waals surface area contributed by atoms with E-state index >= 15 is 0 Å². The van der Waals surface area contributed by atoms with Gasteiger partial charge in [0.1, 0.15) is 16.5 Å². The highest BCUT2D eigenvalue weighted by molar-refractivity contribution is 8.01. The van der Waals surface area contributed by atoms with E-state index in [4.69, 9.17) is 10.5 Å². The maximum Gasteiger partial charge on any atom is 0.453 e. The summed E-state index contributed by atoms with van der Waals surface area (Å²) >= 11 is 0.427. The number of thioether (sulfide) groups is 1. The van der Waals surface area contributed by atoms with E-state index in [1.165, 1.54) is 30.4 Å². The van der Waals surface area contributed by atoms with Crippen LogP contribution in [0.1, 0.15) is 51.3 Å². The molecule has 3 amide bonds. The number of benzene rings is 4. The largest absolute Gasteiger partial charge is 0.504 e. The van der Waals surface area contributed by atoms with Crippen LogP contribution >= 0.6 is 11.8 Å². The number of hydrogen-bond acceptors (Lipinski definition) is 22. The summed E-state index contributed by atoms with van der Waals surface area (Å²) in [6.45, 7) is 1.29. The quantitative estimate of drug-likeness (QED) is 0.0317. The maximum atomic E-state index is 14.1. The summed E-state index contributed by atoms with van der Waals surface area (Å²) in [4.78, 5) is 40.2. The first-order chi connectivity index (χ1) is 28.7. The van der Waals surface area contributed by atoms with Gasteiger partial charge < -0.3 is 102 Å². The number of rotatable bonds is 12. The minimum Gasteiger partial charge on any atom is -0.504 e. The third-order valence-corrected chi connectivity index (χ3v) is 10.3. The number of primary amides is 1. The molecule has 0 aromatic heterocycles. The lowest BCUT2D eigenvalue weighted by Gasteiger charge is -2.35. The van der Waals surface area contributed by atoms with Gasteiger partial charge in [0.2, 0.25) is 35.0 Å². The van der Waals surface area contributed by atoms with Crippen molar-refractivity contribution in [3.8, 4) is 75.1 Å². The topological polar surface area (TPSA) is 435 Å². The normalized spacial score (nSPS) is 15.5. The van der Waals surface area contributed by atoms with Gasteiger partial charge in [-0.2, -0.15) is 0 Å². The van der Waals surface area contributed by atoms with Crippen molar-refractivity contribution in [2.24, 2.45) is 5.73 Å². The molecule has 0 radical (unpaired) electrons. The minimum atomic E-state index is -4.00. The molecule has 2 unspecified atom stereocenters. The number of hydrogen-bond donors (Lipinski definition) is 18. The molecule has 0 bridgehead atoms. The fourth-order valence-electron chi connectivity index (χ4n) is 5.87. The van der Waals surface area contributed by atoms with Gasteiger partial charge in [0, 0.05) is 23.2 Å². The van der Waals surface area contributed by atoms with E-state index in [1.54, 1.807) is 0 Å². The average molecular weight is 890 g/mol. The highest BCUT2D eigenvalue weighted by atomic mass is 32.2. The van der Waals surface area contributed by atoms with E-state index in [9.17, 15) is 96.1 Å². The number of aromatic hydroxyl groups is 9. The molecule has 62 heavy (non-hydrogen) atoms. The summed E-state index contributed by atoms with van der Waals surface area (Å²) in [6, 6.07) is 7.05. The van der Waals surface area contributed by atoms with Gasteiger partial charge in [-0.25, -0.2) is 0 Å². The molecule has 2 atom stereocenters. The molecule has 19 N–H and O–H groups in total. The summed E-state index contributed by atoms with van der Waals surface area (Å²) in [5, 5.41) is 163. The highest BCUT2D eigenvalue weighted by Gasteiger charge is 2.52. The van der Waals surface area contributed by atoms with Crippen LogP contribution in [0.3, 0.4) is 0 Å². The number of phenolic OH excluding ortho intramolecular Hbond substituents is 9.